The van der Waals surface area contributed by atoms with Crippen LogP contribution in [-0.2, 0) is 16.1 Å². The molecule has 3 aromatic rings. The van der Waals surface area contributed by atoms with Gasteiger partial charge in [0.1, 0.15) is 11.3 Å². The standard InChI is InChI=1S/C33H43N3O5Si/c1-22-9-16-29-28(19-22)32(38)36(35-34-29)20-25-12-15-27(30(25)33(39)40-17-18-42(2,3)4)31(37)24-10-13-26(14-11-24)41-21-23-7-5-6-8-23/h9-11,13-14,16,19,23,25,27,30H,5-8,12,15,17-18,20-21H2,1-4H3/t25-,27-,30-/m0/s1. The van der Waals surface area contributed by atoms with Crippen LogP contribution in [0.5, 0.6) is 5.75 Å². The highest BCUT2D eigenvalue weighted by atomic mass is 28.3. The Hall–Kier alpha value is -3.33. The number of aryl methyl sites for hydroxylation is 1. The predicted molar refractivity (Wildman–Crippen MR) is 166 cm³/mol. The monoisotopic (exact) mass is 589 g/mol. The maximum atomic E-state index is 13.8. The van der Waals surface area contributed by atoms with E-state index in [0.29, 0.717) is 48.4 Å². The minimum Gasteiger partial charge on any atom is -0.493 e. The first-order valence-electron chi connectivity index (χ1n) is 15.4. The summed E-state index contributed by atoms with van der Waals surface area (Å²) in [4.78, 5) is 40.7. The number of carbonyl (C=O) groups excluding carboxylic acids is 2. The SMILES string of the molecule is Cc1ccc2nnn(C[C@@H]3CC[C@H](C(=O)c4ccc(OCC5CCCC5)cc4)[C@H]3C(=O)OCC[Si](C)(C)C)c(=O)c2c1. The molecule has 2 fully saturated rings. The van der Waals surface area contributed by atoms with Gasteiger partial charge in [-0.2, -0.15) is 0 Å². The molecule has 0 radical (unpaired) electrons. The summed E-state index contributed by atoms with van der Waals surface area (Å²) in [6.07, 6.45) is 6.14. The molecule has 2 aliphatic carbocycles. The summed E-state index contributed by atoms with van der Waals surface area (Å²) >= 11 is 0. The summed E-state index contributed by atoms with van der Waals surface area (Å²) in [6.45, 7) is 9.90. The van der Waals surface area contributed by atoms with Crippen molar-refractivity contribution in [3.8, 4) is 5.75 Å². The molecule has 224 valence electrons. The number of rotatable bonds is 11. The van der Waals surface area contributed by atoms with Crippen LogP contribution in [0.4, 0.5) is 0 Å². The summed E-state index contributed by atoms with van der Waals surface area (Å²) < 4.78 is 13.1. The smallest absolute Gasteiger partial charge is 0.310 e. The lowest BCUT2D eigenvalue weighted by molar-refractivity contribution is -0.150. The fraction of sp³-hybridized carbons (Fsp3) is 0.545. The summed E-state index contributed by atoms with van der Waals surface area (Å²) in [7, 11) is -1.41. The second-order valence-electron chi connectivity index (χ2n) is 13.4. The number of hydrogen-bond donors (Lipinski definition) is 0. The van der Waals surface area contributed by atoms with Gasteiger partial charge in [0.2, 0.25) is 0 Å². The van der Waals surface area contributed by atoms with Gasteiger partial charge in [-0.05, 0) is 86.9 Å². The van der Waals surface area contributed by atoms with Crippen LogP contribution in [-0.4, -0.2) is 48.0 Å². The molecule has 1 heterocycles. The second-order valence-corrected chi connectivity index (χ2v) is 19.0. The van der Waals surface area contributed by atoms with E-state index in [-0.39, 0.29) is 29.8 Å². The molecular weight excluding hydrogens is 546 g/mol. The van der Waals surface area contributed by atoms with Gasteiger partial charge in [0.05, 0.1) is 31.1 Å². The van der Waals surface area contributed by atoms with Crippen molar-refractivity contribution in [3.63, 3.8) is 0 Å². The Morgan fingerprint density at radius 1 is 1.00 bits per heavy atom. The lowest BCUT2D eigenvalue weighted by Gasteiger charge is -2.24. The van der Waals surface area contributed by atoms with E-state index in [0.717, 1.165) is 17.4 Å². The number of benzene rings is 2. The first-order chi connectivity index (χ1) is 20.1. The highest BCUT2D eigenvalue weighted by Crippen LogP contribution is 2.41. The van der Waals surface area contributed by atoms with Crippen molar-refractivity contribution in [2.45, 2.75) is 77.7 Å². The van der Waals surface area contributed by atoms with Gasteiger partial charge < -0.3 is 9.47 Å². The van der Waals surface area contributed by atoms with Crippen LogP contribution >= 0.6 is 0 Å². The lowest BCUT2D eigenvalue weighted by atomic mass is 9.84. The van der Waals surface area contributed by atoms with Crippen molar-refractivity contribution in [2.75, 3.05) is 13.2 Å². The van der Waals surface area contributed by atoms with Gasteiger partial charge in [-0.25, -0.2) is 4.68 Å². The number of hydrogen-bond acceptors (Lipinski definition) is 7. The highest BCUT2D eigenvalue weighted by Gasteiger charge is 2.46. The van der Waals surface area contributed by atoms with Gasteiger partial charge >= 0.3 is 5.97 Å². The summed E-state index contributed by atoms with van der Waals surface area (Å²) in [6, 6.07) is 13.7. The van der Waals surface area contributed by atoms with Gasteiger partial charge in [-0.1, -0.05) is 49.3 Å². The third kappa shape index (κ3) is 7.17. The van der Waals surface area contributed by atoms with Crippen molar-refractivity contribution in [1.29, 1.82) is 0 Å². The summed E-state index contributed by atoms with van der Waals surface area (Å²) in [5.41, 5.74) is 1.83. The first kappa shape index (κ1) is 30.1. The Balaban J connectivity index is 1.34. The summed E-state index contributed by atoms with van der Waals surface area (Å²) in [5.74, 6) is -0.498. The molecule has 0 amide bonds. The molecule has 0 spiro atoms. The number of esters is 1. The molecule has 5 rings (SSSR count). The van der Waals surface area contributed by atoms with Crippen molar-refractivity contribution >= 4 is 30.7 Å². The number of nitrogens with zero attached hydrogens (tertiary/aromatic N) is 3. The van der Waals surface area contributed by atoms with E-state index in [1.165, 1.54) is 30.4 Å². The van der Waals surface area contributed by atoms with E-state index in [1.54, 1.807) is 18.2 Å². The number of carbonyl (C=O) groups is 2. The largest absolute Gasteiger partial charge is 0.493 e. The van der Waals surface area contributed by atoms with Crippen LogP contribution in [0.25, 0.3) is 10.9 Å². The van der Waals surface area contributed by atoms with Crippen molar-refractivity contribution in [2.24, 2.45) is 23.7 Å². The second kappa shape index (κ2) is 12.9. The van der Waals surface area contributed by atoms with E-state index in [9.17, 15) is 14.4 Å². The molecule has 0 saturated heterocycles. The first-order valence-corrected chi connectivity index (χ1v) is 19.1. The number of aromatic nitrogens is 3. The van der Waals surface area contributed by atoms with Crippen molar-refractivity contribution in [1.82, 2.24) is 15.0 Å². The molecular formula is C33H43N3O5Si. The highest BCUT2D eigenvalue weighted by molar-refractivity contribution is 6.76. The van der Waals surface area contributed by atoms with Gasteiger partial charge in [0.25, 0.3) is 5.56 Å². The Labute approximate surface area is 248 Å². The zero-order chi connectivity index (χ0) is 29.9. The maximum absolute atomic E-state index is 13.8. The fourth-order valence-corrected chi connectivity index (χ4v) is 7.06. The van der Waals surface area contributed by atoms with Crippen LogP contribution in [0, 0.1) is 30.6 Å². The molecule has 42 heavy (non-hydrogen) atoms. The van der Waals surface area contributed by atoms with E-state index in [1.807, 2.05) is 31.2 Å². The van der Waals surface area contributed by atoms with Crippen LogP contribution in [0.1, 0.15) is 54.4 Å². The number of fused-ring (bicyclic) bond motifs is 1. The third-order valence-electron chi connectivity index (χ3n) is 8.88. The van der Waals surface area contributed by atoms with Crippen LogP contribution in [0.3, 0.4) is 0 Å². The molecule has 9 heteroatoms. The van der Waals surface area contributed by atoms with Gasteiger partial charge in [-0.15, -0.1) is 5.10 Å². The van der Waals surface area contributed by atoms with Gasteiger partial charge in [0.15, 0.2) is 5.78 Å². The fourth-order valence-electron chi connectivity index (χ4n) is 6.34. The number of ketones is 1. The third-order valence-corrected chi connectivity index (χ3v) is 10.6. The minimum absolute atomic E-state index is 0.0699. The molecule has 3 atom stereocenters. The molecule has 2 aliphatic rings. The molecule has 8 nitrogen and oxygen atoms in total. The quantitative estimate of drug-likeness (QED) is 0.152. The zero-order valence-corrected chi connectivity index (χ0v) is 26.3. The normalized spacial score (nSPS) is 21.1. The van der Waals surface area contributed by atoms with Gasteiger partial charge in [0, 0.05) is 19.6 Å². The lowest BCUT2D eigenvalue weighted by Crippen LogP contribution is -2.36. The van der Waals surface area contributed by atoms with E-state index < -0.39 is 19.9 Å². The average molecular weight is 590 g/mol. The molecule has 1 aromatic heterocycles. The van der Waals surface area contributed by atoms with Crippen LogP contribution < -0.4 is 10.3 Å². The summed E-state index contributed by atoms with van der Waals surface area (Å²) in [5, 5.41) is 8.92. The molecule has 2 aromatic carbocycles. The number of Topliss-reactive ketones (excluding diaryl/α,β-unsaturated/α-hetero) is 1. The minimum atomic E-state index is -1.41. The Kier molecular flexibility index (Phi) is 9.25. The number of ether oxygens (including phenoxy) is 2. The predicted octanol–water partition coefficient (Wildman–Crippen LogP) is 6.08. The molecule has 0 aliphatic heterocycles. The molecule has 0 unspecified atom stereocenters. The molecule has 0 N–H and O–H groups in total. The van der Waals surface area contributed by atoms with E-state index in [2.05, 4.69) is 30.0 Å². The topological polar surface area (TPSA) is 100 Å². The molecule has 2 saturated carbocycles. The molecule has 0 bridgehead atoms. The maximum Gasteiger partial charge on any atom is 0.310 e. The van der Waals surface area contributed by atoms with Crippen molar-refractivity contribution < 1.29 is 19.1 Å². The zero-order valence-electron chi connectivity index (χ0n) is 25.3. The van der Waals surface area contributed by atoms with Gasteiger partial charge in [-0.3, -0.25) is 14.4 Å². The van der Waals surface area contributed by atoms with Crippen LogP contribution in [0.15, 0.2) is 47.3 Å². The van der Waals surface area contributed by atoms with E-state index >= 15 is 0 Å². The van der Waals surface area contributed by atoms with Crippen molar-refractivity contribution in [3.05, 3.63) is 63.9 Å². The Morgan fingerprint density at radius 2 is 1.74 bits per heavy atom. The average Bonchev–Trinajstić information content (AvgIpc) is 3.63. The van der Waals surface area contributed by atoms with Crippen LogP contribution in [0.2, 0.25) is 25.7 Å². The van der Waals surface area contributed by atoms with E-state index in [4.69, 9.17) is 9.47 Å². The Morgan fingerprint density at radius 3 is 2.45 bits per heavy atom. The Bertz CT molecular complexity index is 1470.